The van der Waals surface area contributed by atoms with Crippen molar-refractivity contribution in [2.75, 3.05) is 25.6 Å². The lowest BCUT2D eigenvalue weighted by Gasteiger charge is -2.16. The van der Waals surface area contributed by atoms with Crippen molar-refractivity contribution in [3.8, 4) is 0 Å². The van der Waals surface area contributed by atoms with Gasteiger partial charge in [-0.1, -0.05) is 6.07 Å². The van der Waals surface area contributed by atoms with E-state index < -0.39 is 9.84 Å². The molecule has 0 aliphatic carbocycles. The first-order valence-corrected chi connectivity index (χ1v) is 7.76. The van der Waals surface area contributed by atoms with Crippen molar-refractivity contribution in [3.05, 3.63) is 30.1 Å². The van der Waals surface area contributed by atoms with Crippen LogP contribution >= 0.6 is 0 Å². The number of pyridine rings is 1. The van der Waals surface area contributed by atoms with Gasteiger partial charge >= 0.3 is 0 Å². The van der Waals surface area contributed by atoms with Crippen LogP contribution in [0, 0.1) is 0 Å². The number of hydrogen-bond acceptors (Lipinski definition) is 4. The van der Waals surface area contributed by atoms with Crippen molar-refractivity contribution in [1.82, 2.24) is 9.88 Å². The van der Waals surface area contributed by atoms with Crippen LogP contribution in [0.25, 0.3) is 0 Å². The molecule has 0 aliphatic heterocycles. The standard InChI is InChI=1S/C12H18N2O3S/c1-14(12(15)7-10-18(2,16)17)9-6-11-5-3-4-8-13-11/h3-5,8H,6-7,9-10H2,1-2H3. The Kier molecular flexibility index (Phi) is 5.27. The molecular formula is C12H18N2O3S. The predicted molar refractivity (Wildman–Crippen MR) is 69.9 cm³/mol. The van der Waals surface area contributed by atoms with Crippen LogP contribution in [0.5, 0.6) is 0 Å². The summed E-state index contributed by atoms with van der Waals surface area (Å²) in [6, 6.07) is 5.63. The van der Waals surface area contributed by atoms with Crippen LogP contribution < -0.4 is 0 Å². The second kappa shape index (κ2) is 6.49. The van der Waals surface area contributed by atoms with Gasteiger partial charge in [0.25, 0.3) is 0 Å². The number of nitrogens with zero attached hydrogens (tertiary/aromatic N) is 2. The molecule has 0 bridgehead atoms. The Morgan fingerprint density at radius 1 is 1.39 bits per heavy atom. The number of likely N-dealkylation sites (N-methyl/N-ethyl adjacent to an activating group) is 1. The number of amides is 1. The molecule has 5 nitrogen and oxygen atoms in total. The van der Waals surface area contributed by atoms with Crippen molar-refractivity contribution in [1.29, 1.82) is 0 Å². The highest BCUT2D eigenvalue weighted by Gasteiger charge is 2.12. The average molecular weight is 270 g/mol. The van der Waals surface area contributed by atoms with E-state index in [4.69, 9.17) is 0 Å². The molecule has 6 heteroatoms. The Balaban J connectivity index is 2.36. The number of carbonyl (C=O) groups is 1. The van der Waals surface area contributed by atoms with Gasteiger partial charge in [-0.25, -0.2) is 8.42 Å². The van der Waals surface area contributed by atoms with Gasteiger partial charge in [-0.15, -0.1) is 0 Å². The first-order chi connectivity index (χ1) is 8.38. The van der Waals surface area contributed by atoms with E-state index in [0.29, 0.717) is 13.0 Å². The second-order valence-electron chi connectivity index (χ2n) is 4.27. The third kappa shape index (κ3) is 5.77. The largest absolute Gasteiger partial charge is 0.345 e. The van der Waals surface area contributed by atoms with Crippen molar-refractivity contribution >= 4 is 15.7 Å². The molecule has 0 aliphatic rings. The summed E-state index contributed by atoms with van der Waals surface area (Å²) in [7, 11) is -1.41. The Labute approximate surface area is 108 Å². The molecule has 0 saturated heterocycles. The maximum Gasteiger partial charge on any atom is 0.223 e. The molecule has 1 aromatic rings. The lowest BCUT2D eigenvalue weighted by Crippen LogP contribution is -2.30. The molecular weight excluding hydrogens is 252 g/mol. The first kappa shape index (κ1) is 14.6. The zero-order chi connectivity index (χ0) is 13.6. The molecule has 0 unspecified atom stereocenters. The van der Waals surface area contributed by atoms with Crippen molar-refractivity contribution in [2.24, 2.45) is 0 Å². The summed E-state index contributed by atoms with van der Waals surface area (Å²) in [6.07, 6.45) is 3.55. The van der Waals surface area contributed by atoms with Crippen molar-refractivity contribution in [3.63, 3.8) is 0 Å². The van der Waals surface area contributed by atoms with Gasteiger partial charge in [0, 0.05) is 44.6 Å². The molecule has 1 rings (SSSR count). The highest BCUT2D eigenvalue weighted by Crippen LogP contribution is 1.99. The maximum absolute atomic E-state index is 11.7. The lowest BCUT2D eigenvalue weighted by molar-refractivity contribution is -0.129. The summed E-state index contributed by atoms with van der Waals surface area (Å²) < 4.78 is 21.9. The van der Waals surface area contributed by atoms with E-state index in [-0.39, 0.29) is 18.1 Å². The molecule has 0 aromatic carbocycles. The Bertz CT molecular complexity index is 485. The van der Waals surface area contributed by atoms with Gasteiger partial charge in [-0.05, 0) is 12.1 Å². The molecule has 0 N–H and O–H groups in total. The topological polar surface area (TPSA) is 67.3 Å². The summed E-state index contributed by atoms with van der Waals surface area (Å²) >= 11 is 0. The van der Waals surface area contributed by atoms with E-state index in [1.165, 1.54) is 0 Å². The molecule has 100 valence electrons. The van der Waals surface area contributed by atoms with Crippen LogP contribution in [-0.4, -0.2) is 49.8 Å². The van der Waals surface area contributed by atoms with Crippen LogP contribution in [0.1, 0.15) is 12.1 Å². The number of aromatic nitrogens is 1. The monoisotopic (exact) mass is 270 g/mol. The summed E-state index contributed by atoms with van der Waals surface area (Å²) in [5, 5.41) is 0. The maximum atomic E-state index is 11.7. The van der Waals surface area contributed by atoms with E-state index in [0.717, 1.165) is 11.9 Å². The highest BCUT2D eigenvalue weighted by atomic mass is 32.2. The molecule has 1 heterocycles. The van der Waals surface area contributed by atoms with Crippen molar-refractivity contribution in [2.45, 2.75) is 12.8 Å². The molecule has 1 aromatic heterocycles. The third-order valence-electron chi connectivity index (χ3n) is 2.54. The first-order valence-electron chi connectivity index (χ1n) is 5.70. The third-order valence-corrected chi connectivity index (χ3v) is 3.49. The van der Waals surface area contributed by atoms with E-state index in [1.807, 2.05) is 18.2 Å². The van der Waals surface area contributed by atoms with E-state index in [2.05, 4.69) is 4.98 Å². The molecule has 0 radical (unpaired) electrons. The van der Waals surface area contributed by atoms with Crippen LogP contribution in [0.15, 0.2) is 24.4 Å². The second-order valence-corrected chi connectivity index (χ2v) is 6.53. The molecule has 0 saturated carbocycles. The van der Waals surface area contributed by atoms with Crippen molar-refractivity contribution < 1.29 is 13.2 Å². The Hall–Kier alpha value is -1.43. The molecule has 18 heavy (non-hydrogen) atoms. The average Bonchev–Trinajstić information content (AvgIpc) is 2.33. The SMILES string of the molecule is CN(CCc1ccccn1)C(=O)CCS(C)(=O)=O. The number of hydrogen-bond donors (Lipinski definition) is 0. The van der Waals surface area contributed by atoms with E-state index in [9.17, 15) is 13.2 Å². The minimum absolute atomic E-state index is 0.0392. The summed E-state index contributed by atoms with van der Waals surface area (Å²) in [4.78, 5) is 17.4. The van der Waals surface area contributed by atoms with Gasteiger partial charge in [-0.2, -0.15) is 0 Å². The Morgan fingerprint density at radius 3 is 2.67 bits per heavy atom. The highest BCUT2D eigenvalue weighted by molar-refractivity contribution is 7.90. The summed E-state index contributed by atoms with van der Waals surface area (Å²) in [5.41, 5.74) is 0.917. The summed E-state index contributed by atoms with van der Waals surface area (Å²) in [5.74, 6) is -0.254. The van der Waals surface area contributed by atoms with Gasteiger partial charge in [0.15, 0.2) is 0 Å². The minimum Gasteiger partial charge on any atom is -0.345 e. The van der Waals surface area contributed by atoms with E-state index >= 15 is 0 Å². The van der Waals surface area contributed by atoms with Gasteiger partial charge in [0.2, 0.25) is 5.91 Å². The number of carbonyl (C=O) groups excluding carboxylic acids is 1. The minimum atomic E-state index is -3.08. The van der Waals surface area contributed by atoms with Gasteiger partial charge in [0.05, 0.1) is 5.75 Å². The number of rotatable bonds is 6. The van der Waals surface area contributed by atoms with Crippen LogP contribution in [0.4, 0.5) is 0 Å². The fraction of sp³-hybridized carbons (Fsp3) is 0.500. The normalized spacial score (nSPS) is 11.2. The molecule has 0 fully saturated rings. The van der Waals surface area contributed by atoms with Crippen LogP contribution in [0.3, 0.4) is 0 Å². The van der Waals surface area contributed by atoms with Crippen LogP contribution in [0.2, 0.25) is 0 Å². The Morgan fingerprint density at radius 2 is 2.11 bits per heavy atom. The zero-order valence-corrected chi connectivity index (χ0v) is 11.5. The van der Waals surface area contributed by atoms with E-state index in [1.54, 1.807) is 18.1 Å². The smallest absolute Gasteiger partial charge is 0.223 e. The number of sulfone groups is 1. The van der Waals surface area contributed by atoms with Crippen LogP contribution in [-0.2, 0) is 21.1 Å². The van der Waals surface area contributed by atoms with Gasteiger partial charge in [-0.3, -0.25) is 9.78 Å². The molecule has 0 atom stereocenters. The van der Waals surface area contributed by atoms with Gasteiger partial charge < -0.3 is 4.90 Å². The fourth-order valence-electron chi connectivity index (χ4n) is 1.42. The lowest BCUT2D eigenvalue weighted by atomic mass is 10.2. The fourth-order valence-corrected chi connectivity index (χ4v) is 1.96. The summed E-state index contributed by atoms with van der Waals surface area (Å²) in [6.45, 7) is 0.541. The predicted octanol–water partition coefficient (Wildman–Crippen LogP) is 0.517. The quantitative estimate of drug-likeness (QED) is 0.755. The molecule has 0 spiro atoms. The van der Waals surface area contributed by atoms with Gasteiger partial charge in [0.1, 0.15) is 9.84 Å². The molecule has 1 amide bonds. The zero-order valence-electron chi connectivity index (χ0n) is 10.7.